The molecule has 0 aliphatic rings. The highest BCUT2D eigenvalue weighted by molar-refractivity contribution is 9.10. The van der Waals surface area contributed by atoms with Crippen molar-refractivity contribution in [2.24, 2.45) is 0 Å². The van der Waals surface area contributed by atoms with Gasteiger partial charge in [-0.25, -0.2) is 4.39 Å². The Bertz CT molecular complexity index is 437. The van der Waals surface area contributed by atoms with Gasteiger partial charge < -0.3 is 4.42 Å². The van der Waals surface area contributed by atoms with Crippen LogP contribution in [0.5, 0.6) is 0 Å². The molecule has 0 spiro atoms. The third-order valence-electron chi connectivity index (χ3n) is 1.72. The lowest BCUT2D eigenvalue weighted by molar-refractivity contribution is 0.110. The molecule has 0 unspecified atom stereocenters. The lowest BCUT2D eigenvalue weighted by atomic mass is 10.2. The maximum atomic E-state index is 13.1. The van der Waals surface area contributed by atoms with Crippen LogP contribution in [-0.2, 0) is 0 Å². The van der Waals surface area contributed by atoms with Crippen molar-refractivity contribution in [1.82, 2.24) is 0 Å². The molecule has 1 aromatic heterocycles. The highest BCUT2D eigenvalue weighted by atomic mass is 79.9. The first kappa shape index (κ1) is 8.44. The van der Waals surface area contributed by atoms with Crippen LogP contribution in [0, 0.1) is 5.82 Å². The molecule has 0 radical (unpaired) electrons. The van der Waals surface area contributed by atoms with E-state index in [1.807, 2.05) is 0 Å². The van der Waals surface area contributed by atoms with E-state index in [0.29, 0.717) is 21.7 Å². The van der Waals surface area contributed by atoms with E-state index in [2.05, 4.69) is 15.9 Å². The molecule has 0 saturated carbocycles. The molecule has 0 fully saturated rings. The average Bonchev–Trinajstić information content (AvgIpc) is 2.56. The summed E-state index contributed by atoms with van der Waals surface area (Å²) in [5.74, 6) is -0.268. The molecular formula is C9H4BrFO2. The zero-order valence-corrected chi connectivity index (χ0v) is 7.97. The van der Waals surface area contributed by atoms with Crippen LogP contribution in [0.1, 0.15) is 10.6 Å². The first-order valence-electron chi connectivity index (χ1n) is 3.55. The van der Waals surface area contributed by atoms with E-state index in [9.17, 15) is 9.18 Å². The van der Waals surface area contributed by atoms with Gasteiger partial charge in [0.25, 0.3) is 0 Å². The highest BCUT2D eigenvalue weighted by Crippen LogP contribution is 2.28. The number of carbonyl (C=O) groups is 1. The van der Waals surface area contributed by atoms with Crippen molar-refractivity contribution in [3.63, 3.8) is 0 Å². The molecule has 2 aromatic rings. The lowest BCUT2D eigenvalue weighted by Gasteiger charge is -1.92. The first-order valence-corrected chi connectivity index (χ1v) is 4.34. The van der Waals surface area contributed by atoms with Crippen molar-refractivity contribution in [3.05, 3.63) is 34.2 Å². The van der Waals surface area contributed by atoms with Gasteiger partial charge in [-0.1, -0.05) is 0 Å². The summed E-state index contributed by atoms with van der Waals surface area (Å²) in [6.45, 7) is 0. The number of furan rings is 1. The molecule has 0 atom stereocenters. The van der Waals surface area contributed by atoms with Crippen LogP contribution in [-0.4, -0.2) is 6.29 Å². The standard InChI is InChI=1S/C9H4BrFO2/c10-7-1-2-8(11)6-3-5(4-12)13-9(6)7/h1-4H. The normalized spacial score (nSPS) is 10.6. The largest absolute Gasteiger partial charge is 0.452 e. The fraction of sp³-hybridized carbons (Fsp3) is 0. The van der Waals surface area contributed by atoms with Crippen molar-refractivity contribution in [2.75, 3.05) is 0 Å². The number of aldehydes is 1. The smallest absolute Gasteiger partial charge is 0.185 e. The van der Waals surface area contributed by atoms with E-state index in [4.69, 9.17) is 4.42 Å². The Morgan fingerprint density at radius 3 is 2.85 bits per heavy atom. The Kier molecular flexibility index (Phi) is 1.92. The van der Waals surface area contributed by atoms with E-state index < -0.39 is 5.82 Å². The lowest BCUT2D eigenvalue weighted by Crippen LogP contribution is -1.74. The van der Waals surface area contributed by atoms with Gasteiger partial charge >= 0.3 is 0 Å². The number of rotatable bonds is 1. The van der Waals surface area contributed by atoms with E-state index in [1.54, 1.807) is 0 Å². The molecule has 1 aromatic carbocycles. The van der Waals surface area contributed by atoms with Crippen LogP contribution in [0.3, 0.4) is 0 Å². The molecule has 0 amide bonds. The van der Waals surface area contributed by atoms with Crippen LogP contribution in [0.2, 0.25) is 0 Å². The van der Waals surface area contributed by atoms with Crippen molar-refractivity contribution in [3.8, 4) is 0 Å². The van der Waals surface area contributed by atoms with Gasteiger partial charge in [-0.2, -0.15) is 0 Å². The Hall–Kier alpha value is -1.16. The summed E-state index contributed by atoms with van der Waals surface area (Å²) >= 11 is 3.20. The van der Waals surface area contributed by atoms with Crippen LogP contribution < -0.4 is 0 Å². The molecule has 0 N–H and O–H groups in total. The van der Waals surface area contributed by atoms with Gasteiger partial charge in [0.05, 0.1) is 9.86 Å². The second kappa shape index (κ2) is 2.96. The highest BCUT2D eigenvalue weighted by Gasteiger charge is 2.10. The first-order chi connectivity index (χ1) is 6.22. The van der Waals surface area contributed by atoms with Gasteiger partial charge in [0.2, 0.25) is 0 Å². The summed E-state index contributed by atoms with van der Waals surface area (Å²) in [5.41, 5.74) is 0.363. The predicted octanol–water partition coefficient (Wildman–Crippen LogP) is 3.15. The van der Waals surface area contributed by atoms with Crippen molar-refractivity contribution >= 4 is 33.2 Å². The Morgan fingerprint density at radius 1 is 1.46 bits per heavy atom. The molecule has 1 heterocycles. The molecule has 2 rings (SSSR count). The van der Waals surface area contributed by atoms with E-state index in [-0.39, 0.29) is 5.76 Å². The van der Waals surface area contributed by atoms with Crippen molar-refractivity contribution < 1.29 is 13.6 Å². The summed E-state index contributed by atoms with van der Waals surface area (Å²) in [4.78, 5) is 10.4. The SMILES string of the molecule is O=Cc1cc2c(F)ccc(Br)c2o1. The van der Waals surface area contributed by atoms with Gasteiger partial charge in [0.1, 0.15) is 5.82 Å². The summed E-state index contributed by atoms with van der Waals surface area (Å²) in [7, 11) is 0. The molecule has 0 aliphatic carbocycles. The number of fused-ring (bicyclic) bond motifs is 1. The minimum absolute atomic E-state index is 0.126. The quantitative estimate of drug-likeness (QED) is 0.720. The number of hydrogen-bond donors (Lipinski definition) is 0. The Morgan fingerprint density at radius 2 is 2.23 bits per heavy atom. The molecule has 66 valence electrons. The van der Waals surface area contributed by atoms with Gasteiger partial charge in [0.15, 0.2) is 17.6 Å². The summed E-state index contributed by atoms with van der Waals surface area (Å²) < 4.78 is 18.8. The predicted molar refractivity (Wildman–Crippen MR) is 49.3 cm³/mol. The molecule has 0 bridgehead atoms. The van der Waals surface area contributed by atoms with E-state index >= 15 is 0 Å². The van der Waals surface area contributed by atoms with Crippen LogP contribution >= 0.6 is 15.9 Å². The second-order valence-electron chi connectivity index (χ2n) is 2.54. The zero-order chi connectivity index (χ0) is 9.42. The fourth-order valence-corrected chi connectivity index (χ4v) is 1.56. The molecular weight excluding hydrogens is 239 g/mol. The second-order valence-corrected chi connectivity index (χ2v) is 3.39. The van der Waals surface area contributed by atoms with Crippen molar-refractivity contribution in [1.29, 1.82) is 0 Å². The summed E-state index contributed by atoms with van der Waals surface area (Å²) in [5, 5.41) is 0.316. The third kappa shape index (κ3) is 1.27. The number of carbonyl (C=O) groups excluding carboxylic acids is 1. The molecule has 0 saturated heterocycles. The van der Waals surface area contributed by atoms with E-state index in [1.165, 1.54) is 18.2 Å². The zero-order valence-electron chi connectivity index (χ0n) is 6.38. The number of benzene rings is 1. The molecule has 13 heavy (non-hydrogen) atoms. The minimum Gasteiger partial charge on any atom is -0.452 e. The summed E-state index contributed by atoms with van der Waals surface area (Å²) in [6.07, 6.45) is 0.547. The summed E-state index contributed by atoms with van der Waals surface area (Å²) in [6, 6.07) is 4.23. The monoisotopic (exact) mass is 242 g/mol. The maximum absolute atomic E-state index is 13.1. The molecule has 4 heteroatoms. The van der Waals surface area contributed by atoms with Crippen LogP contribution in [0.25, 0.3) is 11.0 Å². The Balaban J connectivity index is 2.87. The van der Waals surface area contributed by atoms with Crippen LogP contribution in [0.4, 0.5) is 4.39 Å². The van der Waals surface area contributed by atoms with Gasteiger partial charge in [-0.15, -0.1) is 0 Å². The topological polar surface area (TPSA) is 30.2 Å². The number of hydrogen-bond acceptors (Lipinski definition) is 2. The molecule has 2 nitrogen and oxygen atoms in total. The van der Waals surface area contributed by atoms with Crippen molar-refractivity contribution in [2.45, 2.75) is 0 Å². The molecule has 0 aliphatic heterocycles. The van der Waals surface area contributed by atoms with Gasteiger partial charge in [-0.05, 0) is 34.1 Å². The Labute approximate surface area is 81.5 Å². The van der Waals surface area contributed by atoms with Crippen LogP contribution in [0.15, 0.2) is 27.1 Å². The number of halogens is 2. The minimum atomic E-state index is -0.393. The average molecular weight is 243 g/mol. The van der Waals surface area contributed by atoms with Gasteiger partial charge in [-0.3, -0.25) is 4.79 Å². The third-order valence-corrected chi connectivity index (χ3v) is 2.34. The van der Waals surface area contributed by atoms with Gasteiger partial charge in [0, 0.05) is 0 Å². The fourth-order valence-electron chi connectivity index (χ4n) is 1.13. The maximum Gasteiger partial charge on any atom is 0.185 e. The van der Waals surface area contributed by atoms with E-state index in [0.717, 1.165) is 0 Å².